The van der Waals surface area contributed by atoms with E-state index in [1.165, 1.54) is 49.4 Å². The van der Waals surface area contributed by atoms with Crippen molar-refractivity contribution >= 4 is 33.4 Å². The first-order valence-corrected chi connectivity index (χ1v) is 12.4. The van der Waals surface area contributed by atoms with Crippen molar-refractivity contribution in [2.75, 3.05) is 23.3 Å². The Kier molecular flexibility index (Phi) is 7.26. The molecule has 33 heavy (non-hydrogen) atoms. The van der Waals surface area contributed by atoms with Gasteiger partial charge in [-0.05, 0) is 79.4 Å². The third kappa shape index (κ3) is 6.34. The minimum atomic E-state index is -3.65. The molecule has 0 spiro atoms. The van der Waals surface area contributed by atoms with Gasteiger partial charge >= 0.3 is 0 Å². The molecule has 1 aliphatic heterocycles. The van der Waals surface area contributed by atoms with Crippen molar-refractivity contribution < 1.29 is 17.6 Å². The zero-order chi connectivity index (χ0) is 23.1. The van der Waals surface area contributed by atoms with Gasteiger partial charge in [-0.1, -0.05) is 12.1 Å². The quantitative estimate of drug-likeness (QED) is 0.481. The summed E-state index contributed by atoms with van der Waals surface area (Å²) in [6.45, 7) is 2.24. The Labute approximate surface area is 194 Å². The molecule has 1 aliphatic rings. The van der Waals surface area contributed by atoms with Crippen LogP contribution in [0.25, 0.3) is 6.08 Å². The van der Waals surface area contributed by atoms with E-state index in [1.54, 1.807) is 30.3 Å². The Balaban J connectivity index is 1.30. The molecule has 1 fully saturated rings. The average molecular weight is 466 g/mol. The third-order valence-corrected chi connectivity index (χ3v) is 6.91. The lowest BCUT2D eigenvalue weighted by Gasteiger charge is -2.28. The van der Waals surface area contributed by atoms with E-state index in [0.29, 0.717) is 5.76 Å². The third-order valence-electron chi connectivity index (χ3n) is 5.49. The highest BCUT2D eigenvalue weighted by Crippen LogP contribution is 2.22. The van der Waals surface area contributed by atoms with Crippen LogP contribution >= 0.6 is 0 Å². The molecule has 1 aromatic heterocycles. The smallest absolute Gasteiger partial charge is 0.248 e. The molecule has 3 aromatic rings. The van der Waals surface area contributed by atoms with Gasteiger partial charge in [-0.15, -0.1) is 0 Å². The lowest BCUT2D eigenvalue weighted by molar-refractivity contribution is -0.111. The molecule has 4 rings (SSSR count). The molecule has 0 saturated carbocycles. The van der Waals surface area contributed by atoms with Crippen LogP contribution in [0.3, 0.4) is 0 Å². The molecular formula is C25H27N3O4S. The number of hydrogen-bond donors (Lipinski definition) is 2. The maximum atomic E-state index is 12.4. The lowest BCUT2D eigenvalue weighted by Crippen LogP contribution is -2.29. The predicted molar refractivity (Wildman–Crippen MR) is 129 cm³/mol. The zero-order valence-electron chi connectivity index (χ0n) is 18.2. The SMILES string of the molecule is O=C(C=Cc1ccc(S(=O)(=O)NCc2ccco2)cc1)Nc1ccc(N2CCCCC2)cc1. The molecule has 0 unspecified atom stereocenters. The van der Waals surface area contributed by atoms with E-state index in [-0.39, 0.29) is 17.3 Å². The van der Waals surface area contributed by atoms with Gasteiger partial charge in [0.25, 0.3) is 0 Å². The molecule has 0 aliphatic carbocycles. The number of amides is 1. The fourth-order valence-corrected chi connectivity index (χ4v) is 4.68. The Morgan fingerprint density at radius 2 is 1.70 bits per heavy atom. The number of anilines is 2. The van der Waals surface area contributed by atoms with Gasteiger partial charge in [-0.3, -0.25) is 4.79 Å². The minimum Gasteiger partial charge on any atom is -0.468 e. The summed E-state index contributed by atoms with van der Waals surface area (Å²) in [5.74, 6) is 0.280. The molecule has 0 atom stereocenters. The molecule has 8 heteroatoms. The van der Waals surface area contributed by atoms with Gasteiger partial charge in [0.1, 0.15) is 5.76 Å². The summed E-state index contributed by atoms with van der Waals surface area (Å²) >= 11 is 0. The van der Waals surface area contributed by atoms with E-state index in [1.807, 2.05) is 24.3 Å². The topological polar surface area (TPSA) is 91.6 Å². The summed E-state index contributed by atoms with van der Waals surface area (Å²) in [6, 6.07) is 17.6. The maximum absolute atomic E-state index is 12.4. The normalized spacial score (nSPS) is 14.5. The fourth-order valence-electron chi connectivity index (χ4n) is 3.68. The van der Waals surface area contributed by atoms with Crippen molar-refractivity contribution in [3.8, 4) is 0 Å². The van der Waals surface area contributed by atoms with E-state index in [4.69, 9.17) is 4.42 Å². The number of sulfonamides is 1. The van der Waals surface area contributed by atoms with Crippen LogP contribution in [-0.4, -0.2) is 27.4 Å². The fraction of sp³-hybridized carbons (Fsp3) is 0.240. The molecule has 2 aromatic carbocycles. The molecule has 0 radical (unpaired) electrons. The number of carbonyl (C=O) groups is 1. The average Bonchev–Trinajstić information content (AvgIpc) is 3.37. The molecule has 1 saturated heterocycles. The highest BCUT2D eigenvalue weighted by molar-refractivity contribution is 7.89. The van der Waals surface area contributed by atoms with E-state index in [2.05, 4.69) is 14.9 Å². The van der Waals surface area contributed by atoms with Crippen LogP contribution in [0.5, 0.6) is 0 Å². The van der Waals surface area contributed by atoms with Crippen molar-refractivity contribution in [2.45, 2.75) is 30.7 Å². The zero-order valence-corrected chi connectivity index (χ0v) is 19.1. The van der Waals surface area contributed by atoms with Crippen LogP contribution in [0, 0.1) is 0 Å². The summed E-state index contributed by atoms with van der Waals surface area (Å²) in [6.07, 6.45) is 8.29. The molecule has 2 heterocycles. The van der Waals surface area contributed by atoms with Crippen molar-refractivity contribution in [3.63, 3.8) is 0 Å². The monoisotopic (exact) mass is 465 g/mol. The molecular weight excluding hydrogens is 438 g/mol. The minimum absolute atomic E-state index is 0.0795. The van der Waals surface area contributed by atoms with Crippen LogP contribution in [0.1, 0.15) is 30.6 Å². The molecule has 0 bridgehead atoms. The Hall–Kier alpha value is -3.36. The molecule has 7 nitrogen and oxygen atoms in total. The number of benzene rings is 2. The first-order chi connectivity index (χ1) is 16.0. The number of piperidine rings is 1. The van der Waals surface area contributed by atoms with Crippen LogP contribution in [0.4, 0.5) is 11.4 Å². The first-order valence-electron chi connectivity index (χ1n) is 11.0. The molecule has 172 valence electrons. The van der Waals surface area contributed by atoms with E-state index in [9.17, 15) is 13.2 Å². The standard InChI is InChI=1S/C25H27N3O4S/c29-25(27-21-9-11-22(12-10-21)28-16-2-1-3-17-28)15-8-20-6-13-24(14-7-20)33(30,31)26-19-23-5-4-18-32-23/h4-15,18,26H,1-3,16-17,19H2,(H,27,29). The Morgan fingerprint density at radius 3 is 2.36 bits per heavy atom. The van der Waals surface area contributed by atoms with Crippen molar-refractivity contribution in [3.05, 3.63) is 84.3 Å². The van der Waals surface area contributed by atoms with E-state index in [0.717, 1.165) is 24.3 Å². The van der Waals surface area contributed by atoms with Gasteiger partial charge in [0, 0.05) is 30.5 Å². The highest BCUT2D eigenvalue weighted by atomic mass is 32.2. The maximum Gasteiger partial charge on any atom is 0.248 e. The van der Waals surface area contributed by atoms with Gasteiger partial charge in [0.15, 0.2) is 0 Å². The largest absolute Gasteiger partial charge is 0.468 e. The second kappa shape index (κ2) is 10.5. The van der Waals surface area contributed by atoms with Crippen LogP contribution in [0.2, 0.25) is 0 Å². The van der Waals surface area contributed by atoms with E-state index < -0.39 is 10.0 Å². The second-order valence-electron chi connectivity index (χ2n) is 7.89. The summed E-state index contributed by atoms with van der Waals surface area (Å²) in [4.78, 5) is 14.8. The number of nitrogens with one attached hydrogen (secondary N) is 2. The first kappa shape index (κ1) is 22.8. The van der Waals surface area contributed by atoms with Crippen LogP contribution < -0.4 is 14.9 Å². The Bertz CT molecular complexity index is 1180. The van der Waals surface area contributed by atoms with Gasteiger partial charge in [0.05, 0.1) is 17.7 Å². The molecule has 2 N–H and O–H groups in total. The molecule has 1 amide bonds. The predicted octanol–water partition coefficient (Wildman–Crippen LogP) is 4.40. The van der Waals surface area contributed by atoms with Gasteiger partial charge in [-0.2, -0.15) is 0 Å². The van der Waals surface area contributed by atoms with Crippen molar-refractivity contribution in [1.29, 1.82) is 0 Å². The summed E-state index contributed by atoms with van der Waals surface area (Å²) < 4.78 is 32.4. The van der Waals surface area contributed by atoms with Crippen LogP contribution in [0.15, 0.2) is 82.3 Å². The van der Waals surface area contributed by atoms with Crippen molar-refractivity contribution in [2.24, 2.45) is 0 Å². The van der Waals surface area contributed by atoms with Crippen molar-refractivity contribution in [1.82, 2.24) is 4.72 Å². The van der Waals surface area contributed by atoms with Crippen LogP contribution in [-0.2, 0) is 21.4 Å². The number of furan rings is 1. The summed E-state index contributed by atoms with van der Waals surface area (Å²) in [5, 5.41) is 2.85. The van der Waals surface area contributed by atoms with Gasteiger partial charge in [0.2, 0.25) is 15.9 Å². The number of hydrogen-bond acceptors (Lipinski definition) is 5. The summed E-state index contributed by atoms with van der Waals surface area (Å²) in [7, 11) is -3.65. The second-order valence-corrected chi connectivity index (χ2v) is 9.66. The Morgan fingerprint density at radius 1 is 0.970 bits per heavy atom. The summed E-state index contributed by atoms with van der Waals surface area (Å²) in [5.41, 5.74) is 2.63. The van der Waals surface area contributed by atoms with E-state index >= 15 is 0 Å². The van der Waals surface area contributed by atoms with Gasteiger partial charge < -0.3 is 14.6 Å². The lowest BCUT2D eigenvalue weighted by atomic mass is 10.1. The number of carbonyl (C=O) groups excluding carboxylic acids is 1. The number of rotatable bonds is 8. The van der Waals surface area contributed by atoms with Gasteiger partial charge in [-0.25, -0.2) is 13.1 Å². The number of nitrogens with zero attached hydrogens (tertiary/aromatic N) is 1. The highest BCUT2D eigenvalue weighted by Gasteiger charge is 2.14.